The van der Waals surface area contributed by atoms with Crippen LogP contribution >= 0.6 is 24.0 Å². The fraction of sp³-hybridized carbons (Fsp3) is 0.588. The Morgan fingerprint density at radius 2 is 1.68 bits per heavy atom. The number of halogens is 1. The number of rotatable bonds is 8. The van der Waals surface area contributed by atoms with Gasteiger partial charge in [-0.15, -0.1) is 24.0 Å². The monoisotopic (exact) mass is 418 g/mol. The molecule has 0 heterocycles. The van der Waals surface area contributed by atoms with Gasteiger partial charge in [0, 0.05) is 12.2 Å². The van der Waals surface area contributed by atoms with Crippen LogP contribution < -0.4 is 11.1 Å². The number of aryl methyl sites for hydroxylation is 2. The molecule has 0 aliphatic heterocycles. The van der Waals surface area contributed by atoms with E-state index in [0.29, 0.717) is 5.96 Å². The number of nitrogens with zero attached hydrogens (tertiary/aromatic N) is 2. The Hall–Kier alpha value is -0.820. The number of benzene rings is 1. The molecule has 0 atom stereocenters. The van der Waals surface area contributed by atoms with E-state index in [1.54, 1.807) is 0 Å². The number of nitrogens with one attached hydrogen (secondary N) is 1. The highest BCUT2D eigenvalue weighted by Crippen LogP contribution is 2.13. The van der Waals surface area contributed by atoms with Gasteiger partial charge in [0.15, 0.2) is 5.96 Å². The highest BCUT2D eigenvalue weighted by Gasteiger charge is 1.99. The lowest BCUT2D eigenvalue weighted by molar-refractivity contribution is 0.298. The number of hydrogen-bond donors (Lipinski definition) is 2. The van der Waals surface area contributed by atoms with Gasteiger partial charge in [-0.25, -0.2) is 0 Å². The maximum atomic E-state index is 5.93. The van der Waals surface area contributed by atoms with Crippen LogP contribution in [0, 0.1) is 13.8 Å². The maximum absolute atomic E-state index is 5.93. The van der Waals surface area contributed by atoms with Gasteiger partial charge in [0.25, 0.3) is 0 Å². The Morgan fingerprint density at radius 3 is 2.23 bits per heavy atom. The van der Waals surface area contributed by atoms with E-state index in [0.717, 1.165) is 38.3 Å². The molecule has 0 aliphatic carbocycles. The molecule has 0 aliphatic rings. The fourth-order valence-corrected chi connectivity index (χ4v) is 2.42. The summed E-state index contributed by atoms with van der Waals surface area (Å²) in [5, 5.41) is 3.16. The lowest BCUT2D eigenvalue weighted by Gasteiger charge is -2.17. The summed E-state index contributed by atoms with van der Waals surface area (Å²) in [6.07, 6.45) is 2.24. The van der Waals surface area contributed by atoms with E-state index in [4.69, 9.17) is 5.73 Å². The van der Waals surface area contributed by atoms with E-state index in [2.05, 4.69) is 61.1 Å². The minimum atomic E-state index is 0. The van der Waals surface area contributed by atoms with Crippen molar-refractivity contribution in [2.75, 3.05) is 31.5 Å². The van der Waals surface area contributed by atoms with Crippen molar-refractivity contribution >= 4 is 35.6 Å². The average Bonchev–Trinajstić information content (AvgIpc) is 2.41. The van der Waals surface area contributed by atoms with Gasteiger partial charge in [0.1, 0.15) is 0 Å². The average molecular weight is 418 g/mol. The maximum Gasteiger partial charge on any atom is 0.193 e. The van der Waals surface area contributed by atoms with Gasteiger partial charge >= 0.3 is 0 Å². The summed E-state index contributed by atoms with van der Waals surface area (Å²) in [4.78, 5) is 6.82. The van der Waals surface area contributed by atoms with Crippen molar-refractivity contribution in [1.82, 2.24) is 4.90 Å². The van der Waals surface area contributed by atoms with Crippen molar-refractivity contribution in [2.45, 2.75) is 40.5 Å². The van der Waals surface area contributed by atoms with Gasteiger partial charge in [0.05, 0.1) is 0 Å². The Morgan fingerprint density at radius 1 is 1.09 bits per heavy atom. The van der Waals surface area contributed by atoms with Crippen LogP contribution in [-0.4, -0.2) is 37.0 Å². The molecule has 22 heavy (non-hydrogen) atoms. The molecule has 0 radical (unpaired) electrons. The third-order valence-electron chi connectivity index (χ3n) is 3.55. The summed E-state index contributed by atoms with van der Waals surface area (Å²) in [5.41, 5.74) is 9.39. The Labute approximate surface area is 152 Å². The second-order valence-electron chi connectivity index (χ2n) is 5.50. The third-order valence-corrected chi connectivity index (χ3v) is 3.55. The first-order valence-corrected chi connectivity index (χ1v) is 7.92. The number of nitrogens with two attached hydrogens (primary N) is 1. The van der Waals surface area contributed by atoms with Crippen molar-refractivity contribution in [1.29, 1.82) is 0 Å². The molecule has 1 aromatic rings. The van der Waals surface area contributed by atoms with Crippen molar-refractivity contribution in [3.05, 3.63) is 29.3 Å². The molecule has 3 N–H and O–H groups in total. The lowest BCUT2D eigenvalue weighted by atomic mass is 10.1. The smallest absolute Gasteiger partial charge is 0.193 e. The summed E-state index contributed by atoms with van der Waals surface area (Å²) < 4.78 is 0. The number of guanidine groups is 1. The summed E-state index contributed by atoms with van der Waals surface area (Å²) in [6, 6.07) is 6.30. The van der Waals surface area contributed by atoms with Crippen molar-refractivity contribution in [3.8, 4) is 0 Å². The molecule has 0 spiro atoms. The topological polar surface area (TPSA) is 53.6 Å². The van der Waals surface area contributed by atoms with E-state index < -0.39 is 0 Å². The Balaban J connectivity index is 0.00000441. The first-order chi connectivity index (χ1) is 10.0. The predicted molar refractivity (Wildman–Crippen MR) is 108 cm³/mol. The molecule has 1 aromatic carbocycles. The molecule has 0 saturated carbocycles. The quantitative estimate of drug-likeness (QED) is 0.293. The lowest BCUT2D eigenvalue weighted by Crippen LogP contribution is -2.24. The van der Waals surface area contributed by atoms with Crippen LogP contribution in [-0.2, 0) is 0 Å². The van der Waals surface area contributed by atoms with Crippen molar-refractivity contribution < 1.29 is 0 Å². The molecule has 4 nitrogen and oxygen atoms in total. The third kappa shape index (κ3) is 8.58. The summed E-state index contributed by atoms with van der Waals surface area (Å²) >= 11 is 0. The molecule has 0 saturated heterocycles. The molecule has 0 fully saturated rings. The molecular weight excluding hydrogens is 387 g/mol. The van der Waals surface area contributed by atoms with E-state index in [-0.39, 0.29) is 24.0 Å². The number of hydrogen-bond acceptors (Lipinski definition) is 2. The Kier molecular flexibility index (Phi) is 11.3. The van der Waals surface area contributed by atoms with Gasteiger partial charge in [-0.1, -0.05) is 19.9 Å². The second kappa shape index (κ2) is 11.7. The van der Waals surface area contributed by atoms with Crippen LogP contribution in [0.1, 0.15) is 37.8 Å². The minimum absolute atomic E-state index is 0. The van der Waals surface area contributed by atoms with Crippen LogP contribution in [0.2, 0.25) is 0 Å². The SMILES string of the molecule is CCN(CC)CCCCN=C(N)Nc1cc(C)cc(C)c1.I. The van der Waals surface area contributed by atoms with Gasteiger partial charge < -0.3 is 16.0 Å². The summed E-state index contributed by atoms with van der Waals surface area (Å²) in [6.45, 7) is 12.7. The zero-order valence-corrected chi connectivity index (χ0v) is 16.7. The van der Waals surface area contributed by atoms with Crippen LogP contribution in [0.4, 0.5) is 5.69 Å². The summed E-state index contributed by atoms with van der Waals surface area (Å²) in [7, 11) is 0. The van der Waals surface area contributed by atoms with E-state index in [1.165, 1.54) is 17.5 Å². The van der Waals surface area contributed by atoms with Crippen LogP contribution in [0.3, 0.4) is 0 Å². The van der Waals surface area contributed by atoms with Crippen LogP contribution in [0.5, 0.6) is 0 Å². The van der Waals surface area contributed by atoms with Crippen LogP contribution in [0.25, 0.3) is 0 Å². The van der Waals surface area contributed by atoms with Crippen molar-refractivity contribution in [2.24, 2.45) is 10.7 Å². The number of aliphatic imine (C=N–C) groups is 1. The first-order valence-electron chi connectivity index (χ1n) is 7.92. The summed E-state index contributed by atoms with van der Waals surface area (Å²) in [5.74, 6) is 0.503. The Bertz CT molecular complexity index is 436. The molecule has 0 unspecified atom stereocenters. The van der Waals surface area contributed by atoms with Gasteiger partial charge in [-0.2, -0.15) is 0 Å². The molecule has 1 rings (SSSR count). The van der Waals surface area contributed by atoms with Gasteiger partial charge in [0.2, 0.25) is 0 Å². The number of anilines is 1. The second-order valence-corrected chi connectivity index (χ2v) is 5.50. The van der Waals surface area contributed by atoms with E-state index >= 15 is 0 Å². The molecule has 0 bridgehead atoms. The van der Waals surface area contributed by atoms with E-state index in [1.807, 2.05) is 0 Å². The molecular formula is C17H31IN4. The molecule has 126 valence electrons. The van der Waals surface area contributed by atoms with E-state index in [9.17, 15) is 0 Å². The van der Waals surface area contributed by atoms with Crippen molar-refractivity contribution in [3.63, 3.8) is 0 Å². The molecule has 0 aromatic heterocycles. The highest BCUT2D eigenvalue weighted by molar-refractivity contribution is 14.0. The molecule has 5 heteroatoms. The normalized spacial score (nSPS) is 11.4. The largest absolute Gasteiger partial charge is 0.370 e. The first kappa shape index (κ1) is 21.2. The molecule has 0 amide bonds. The van der Waals surface area contributed by atoms with Gasteiger partial charge in [-0.3, -0.25) is 4.99 Å². The highest BCUT2D eigenvalue weighted by atomic mass is 127. The predicted octanol–water partition coefficient (Wildman–Crippen LogP) is 3.77. The standard InChI is InChI=1S/C17H30N4.HI/c1-5-21(6-2)10-8-7-9-19-17(18)20-16-12-14(3)11-15(4)13-16;/h11-13H,5-10H2,1-4H3,(H3,18,19,20);1H. The number of unbranched alkanes of at least 4 members (excludes halogenated alkanes) is 1. The minimum Gasteiger partial charge on any atom is -0.370 e. The zero-order chi connectivity index (χ0) is 15.7. The van der Waals surface area contributed by atoms with Crippen LogP contribution in [0.15, 0.2) is 23.2 Å². The van der Waals surface area contributed by atoms with Gasteiger partial charge in [-0.05, 0) is 69.6 Å². The zero-order valence-electron chi connectivity index (χ0n) is 14.4. The fourth-order valence-electron chi connectivity index (χ4n) is 2.42.